The van der Waals surface area contributed by atoms with Gasteiger partial charge >= 0.3 is 12.1 Å². The molecule has 6 nitrogen and oxygen atoms in total. The second-order valence-corrected chi connectivity index (χ2v) is 7.75. The number of rotatable bonds is 6. The van der Waals surface area contributed by atoms with Crippen LogP contribution in [0.15, 0.2) is 97.1 Å². The van der Waals surface area contributed by atoms with Crippen LogP contribution < -0.4 is 21.3 Å². The molecule has 0 aromatic heterocycles. The van der Waals surface area contributed by atoms with Gasteiger partial charge in [-0.2, -0.15) is 0 Å². The minimum absolute atomic E-state index is 0.364. The van der Waals surface area contributed by atoms with Gasteiger partial charge in [-0.1, -0.05) is 36.4 Å². The van der Waals surface area contributed by atoms with E-state index in [-0.39, 0.29) is 0 Å². The van der Waals surface area contributed by atoms with E-state index < -0.39 is 23.7 Å². The van der Waals surface area contributed by atoms with Crippen LogP contribution in [-0.4, -0.2) is 12.1 Å². The Morgan fingerprint density at radius 1 is 0.514 bits per heavy atom. The van der Waals surface area contributed by atoms with Gasteiger partial charge in [0.25, 0.3) is 0 Å². The molecule has 35 heavy (non-hydrogen) atoms. The van der Waals surface area contributed by atoms with Gasteiger partial charge in [-0.15, -0.1) is 0 Å². The Balaban J connectivity index is 1.27. The molecule has 0 saturated carbocycles. The summed E-state index contributed by atoms with van der Waals surface area (Å²) in [6.45, 7) is 0. The molecular formula is C27H22F2N4O2. The van der Waals surface area contributed by atoms with Crippen LogP contribution in [0, 0.1) is 11.6 Å². The number of amides is 4. The highest BCUT2D eigenvalue weighted by Crippen LogP contribution is 2.17. The van der Waals surface area contributed by atoms with Gasteiger partial charge in [-0.05, 0) is 78.2 Å². The van der Waals surface area contributed by atoms with E-state index in [0.717, 1.165) is 11.1 Å². The molecule has 4 aromatic carbocycles. The SMILES string of the molecule is O=C(Nc1ccc(Cc2ccc(NC(=O)Nc3cccc(F)c3)cc2)cc1)Nc1cccc(F)c1. The second-order valence-electron chi connectivity index (χ2n) is 7.75. The standard InChI is InChI=1S/C27H22F2N4O2/c28-20-3-1-5-24(16-20)32-26(34)30-22-11-7-18(8-12-22)15-19-9-13-23(14-10-19)31-27(35)33-25-6-2-4-21(29)17-25/h1-14,16-17H,15H2,(H2,30,32,34)(H2,31,33,35). The first-order valence-corrected chi connectivity index (χ1v) is 10.8. The average Bonchev–Trinajstić information content (AvgIpc) is 2.81. The Kier molecular flexibility index (Phi) is 7.32. The monoisotopic (exact) mass is 472 g/mol. The van der Waals surface area contributed by atoms with Crippen LogP contribution >= 0.6 is 0 Å². The first-order chi connectivity index (χ1) is 16.9. The van der Waals surface area contributed by atoms with E-state index in [1.54, 1.807) is 36.4 Å². The van der Waals surface area contributed by atoms with Gasteiger partial charge in [0.05, 0.1) is 0 Å². The third-order valence-corrected chi connectivity index (χ3v) is 5.00. The molecule has 0 radical (unpaired) electrons. The molecule has 176 valence electrons. The van der Waals surface area contributed by atoms with E-state index in [1.165, 1.54) is 36.4 Å². The van der Waals surface area contributed by atoms with Crippen molar-refractivity contribution in [2.24, 2.45) is 0 Å². The number of hydrogen-bond acceptors (Lipinski definition) is 2. The fourth-order valence-corrected chi connectivity index (χ4v) is 3.37. The molecule has 0 fully saturated rings. The number of urea groups is 2. The van der Waals surface area contributed by atoms with Crippen molar-refractivity contribution < 1.29 is 18.4 Å². The minimum Gasteiger partial charge on any atom is -0.308 e. The molecule has 0 unspecified atom stereocenters. The number of hydrogen-bond donors (Lipinski definition) is 4. The van der Waals surface area contributed by atoms with E-state index in [1.807, 2.05) is 24.3 Å². The number of nitrogens with one attached hydrogen (secondary N) is 4. The Morgan fingerprint density at radius 2 is 0.886 bits per heavy atom. The van der Waals surface area contributed by atoms with Crippen LogP contribution in [0.25, 0.3) is 0 Å². The van der Waals surface area contributed by atoms with Gasteiger partial charge in [0.2, 0.25) is 0 Å². The van der Waals surface area contributed by atoms with Crippen molar-refractivity contribution in [2.75, 3.05) is 21.3 Å². The van der Waals surface area contributed by atoms with E-state index in [4.69, 9.17) is 0 Å². The molecule has 0 aliphatic carbocycles. The maximum atomic E-state index is 13.2. The highest BCUT2D eigenvalue weighted by atomic mass is 19.1. The summed E-state index contributed by atoms with van der Waals surface area (Å²) in [6.07, 6.45) is 0.658. The molecule has 8 heteroatoms. The Hall–Kier alpha value is -4.72. The van der Waals surface area contributed by atoms with Crippen LogP contribution in [0.1, 0.15) is 11.1 Å². The normalized spacial score (nSPS) is 10.3. The number of carbonyl (C=O) groups is 2. The molecule has 4 amide bonds. The quantitative estimate of drug-likeness (QED) is 0.248. The zero-order valence-electron chi connectivity index (χ0n) is 18.5. The maximum Gasteiger partial charge on any atom is 0.323 e. The molecule has 0 aliphatic heterocycles. The smallest absolute Gasteiger partial charge is 0.308 e. The fourth-order valence-electron chi connectivity index (χ4n) is 3.37. The molecule has 0 spiro atoms. The third kappa shape index (κ3) is 7.13. The van der Waals surface area contributed by atoms with E-state index >= 15 is 0 Å². The minimum atomic E-state index is -0.465. The van der Waals surface area contributed by atoms with Crippen molar-refractivity contribution in [1.82, 2.24) is 0 Å². The molecule has 4 aromatic rings. The first kappa shape index (κ1) is 23.4. The van der Waals surface area contributed by atoms with Crippen molar-refractivity contribution in [2.45, 2.75) is 6.42 Å². The maximum absolute atomic E-state index is 13.2. The Bertz CT molecular complexity index is 1220. The summed E-state index contributed by atoms with van der Waals surface area (Å²) in [6, 6.07) is 25.1. The molecule has 0 saturated heterocycles. The van der Waals surface area contributed by atoms with Crippen molar-refractivity contribution >= 4 is 34.8 Å². The molecule has 4 rings (SSSR count). The summed E-state index contributed by atoms with van der Waals surface area (Å²) < 4.78 is 26.5. The van der Waals surface area contributed by atoms with Gasteiger partial charge in [0.1, 0.15) is 11.6 Å². The third-order valence-electron chi connectivity index (χ3n) is 5.00. The Morgan fingerprint density at radius 3 is 1.26 bits per heavy atom. The number of benzene rings is 4. The Labute approximate surface area is 201 Å². The zero-order chi connectivity index (χ0) is 24.6. The van der Waals surface area contributed by atoms with Crippen molar-refractivity contribution in [3.05, 3.63) is 120 Å². The second kappa shape index (κ2) is 10.9. The summed E-state index contributed by atoms with van der Waals surface area (Å²) in [5.74, 6) is -0.855. The molecule has 4 N–H and O–H groups in total. The topological polar surface area (TPSA) is 82.3 Å². The van der Waals surface area contributed by atoms with Gasteiger partial charge in [0.15, 0.2) is 0 Å². The van der Waals surface area contributed by atoms with Gasteiger partial charge in [0, 0.05) is 22.7 Å². The van der Waals surface area contributed by atoms with E-state index in [2.05, 4.69) is 21.3 Å². The summed E-state index contributed by atoms with van der Waals surface area (Å²) in [5.41, 5.74) is 4.00. The average molecular weight is 472 g/mol. The van der Waals surface area contributed by atoms with Crippen LogP contribution in [0.3, 0.4) is 0 Å². The lowest BCUT2D eigenvalue weighted by Crippen LogP contribution is -2.19. The number of carbonyl (C=O) groups excluding carboxylic acids is 2. The molecular weight excluding hydrogens is 450 g/mol. The largest absolute Gasteiger partial charge is 0.323 e. The number of halogens is 2. The van der Waals surface area contributed by atoms with Crippen LogP contribution in [0.4, 0.5) is 41.1 Å². The summed E-state index contributed by atoms with van der Waals surface area (Å²) in [4.78, 5) is 24.2. The predicted octanol–water partition coefficient (Wildman–Crippen LogP) is 6.84. The summed E-state index contributed by atoms with van der Waals surface area (Å²) in [5, 5.41) is 10.6. The van der Waals surface area contributed by atoms with Crippen LogP contribution in [0.2, 0.25) is 0 Å². The molecule has 0 aliphatic rings. The van der Waals surface area contributed by atoms with Gasteiger partial charge in [-0.3, -0.25) is 0 Å². The lowest BCUT2D eigenvalue weighted by Gasteiger charge is -2.10. The van der Waals surface area contributed by atoms with E-state index in [9.17, 15) is 18.4 Å². The lowest BCUT2D eigenvalue weighted by molar-refractivity contribution is 0.261. The molecule has 0 bridgehead atoms. The summed E-state index contributed by atoms with van der Waals surface area (Å²) in [7, 11) is 0. The fraction of sp³-hybridized carbons (Fsp3) is 0.0370. The van der Waals surface area contributed by atoms with E-state index in [0.29, 0.717) is 29.2 Å². The molecule has 0 heterocycles. The van der Waals surface area contributed by atoms with Crippen molar-refractivity contribution in [3.63, 3.8) is 0 Å². The van der Waals surface area contributed by atoms with Gasteiger partial charge < -0.3 is 21.3 Å². The highest BCUT2D eigenvalue weighted by Gasteiger charge is 2.06. The number of anilines is 4. The zero-order valence-corrected chi connectivity index (χ0v) is 18.5. The highest BCUT2D eigenvalue weighted by molar-refractivity contribution is 6.00. The van der Waals surface area contributed by atoms with Crippen molar-refractivity contribution in [1.29, 1.82) is 0 Å². The predicted molar refractivity (Wildman–Crippen MR) is 134 cm³/mol. The van der Waals surface area contributed by atoms with Crippen LogP contribution in [-0.2, 0) is 6.42 Å². The lowest BCUT2D eigenvalue weighted by atomic mass is 10.0. The van der Waals surface area contributed by atoms with Crippen LogP contribution in [0.5, 0.6) is 0 Å². The molecule has 0 atom stereocenters. The van der Waals surface area contributed by atoms with Gasteiger partial charge in [-0.25, -0.2) is 18.4 Å². The summed E-state index contributed by atoms with van der Waals surface area (Å²) >= 11 is 0. The van der Waals surface area contributed by atoms with Crippen molar-refractivity contribution in [3.8, 4) is 0 Å². The first-order valence-electron chi connectivity index (χ1n) is 10.8.